The predicted octanol–water partition coefficient (Wildman–Crippen LogP) is 3.72. The molecule has 3 aromatic carbocycles. The first-order valence-corrected chi connectivity index (χ1v) is 9.76. The monoisotopic (exact) mass is 449 g/mol. The number of nitro groups is 2. The minimum atomic E-state index is -0.790. The Kier molecular flexibility index (Phi) is 7.03. The van der Waals surface area contributed by atoms with Gasteiger partial charge in [-0.25, -0.2) is 5.43 Å². The maximum atomic E-state index is 12.4. The molecule has 11 heteroatoms. The Hall–Kier alpha value is -4.67. The number of carbonyl (C=O) groups is 2. The molecule has 0 bridgehead atoms. The molecule has 0 fully saturated rings. The minimum absolute atomic E-state index is 0.00431. The van der Waals surface area contributed by atoms with E-state index in [9.17, 15) is 29.8 Å². The Labute approximate surface area is 187 Å². The normalized spacial score (nSPS) is 11.1. The van der Waals surface area contributed by atoms with Crippen LogP contribution in [-0.2, 0) is 16.0 Å². The van der Waals surface area contributed by atoms with Crippen molar-refractivity contribution in [2.75, 3.05) is 5.32 Å². The second kappa shape index (κ2) is 10.1. The van der Waals surface area contributed by atoms with Gasteiger partial charge in [0.2, 0.25) is 11.8 Å². The first-order valence-electron chi connectivity index (χ1n) is 9.76. The molecule has 3 aromatic rings. The molecule has 0 saturated heterocycles. The maximum absolute atomic E-state index is 12.4. The molecule has 2 N–H and O–H groups in total. The second-order valence-electron chi connectivity index (χ2n) is 7.14. The van der Waals surface area contributed by atoms with Crippen LogP contribution in [0, 0.1) is 20.2 Å². The molecule has 0 unspecified atom stereocenters. The van der Waals surface area contributed by atoms with E-state index < -0.39 is 33.5 Å². The molecule has 168 valence electrons. The van der Waals surface area contributed by atoms with Gasteiger partial charge in [-0.05, 0) is 24.4 Å². The molecular formula is C22H19N5O6. The van der Waals surface area contributed by atoms with E-state index in [2.05, 4.69) is 15.8 Å². The number of carbonyl (C=O) groups excluding carboxylic acids is 2. The van der Waals surface area contributed by atoms with Crippen molar-refractivity contribution in [3.05, 3.63) is 86.5 Å². The molecule has 2 amide bonds. The fourth-order valence-corrected chi connectivity index (χ4v) is 3.16. The number of nitrogens with one attached hydrogen (secondary N) is 2. The van der Waals surface area contributed by atoms with E-state index in [-0.39, 0.29) is 17.9 Å². The highest BCUT2D eigenvalue weighted by molar-refractivity contribution is 6.09. The zero-order valence-corrected chi connectivity index (χ0v) is 17.5. The smallest absolute Gasteiger partial charge is 0.279 e. The summed E-state index contributed by atoms with van der Waals surface area (Å²) in [5, 5.41) is 30.5. The minimum Gasteiger partial charge on any atom is -0.325 e. The van der Waals surface area contributed by atoms with E-state index in [1.165, 1.54) is 0 Å². The molecule has 11 nitrogen and oxygen atoms in total. The lowest BCUT2D eigenvalue weighted by atomic mass is 10.1. The van der Waals surface area contributed by atoms with Gasteiger partial charge in [0.1, 0.15) is 0 Å². The molecule has 0 saturated carbocycles. The number of anilines is 1. The van der Waals surface area contributed by atoms with Crippen LogP contribution < -0.4 is 10.7 Å². The maximum Gasteiger partial charge on any atom is 0.279 e. The number of hydrogen-bond acceptors (Lipinski definition) is 7. The summed E-state index contributed by atoms with van der Waals surface area (Å²) in [4.78, 5) is 45.0. The number of non-ortho nitro benzene ring substituents is 1. The number of nitrogens with zero attached hydrogens (tertiary/aromatic N) is 3. The second-order valence-corrected chi connectivity index (χ2v) is 7.14. The summed E-state index contributed by atoms with van der Waals surface area (Å²) in [6.07, 6.45) is -0.492. The highest BCUT2D eigenvalue weighted by Crippen LogP contribution is 2.25. The third-order valence-electron chi connectivity index (χ3n) is 4.68. The predicted molar refractivity (Wildman–Crippen MR) is 122 cm³/mol. The van der Waals surface area contributed by atoms with E-state index in [4.69, 9.17) is 0 Å². The number of nitro benzene ring substituents is 2. The van der Waals surface area contributed by atoms with Gasteiger partial charge in [0.15, 0.2) is 0 Å². The molecule has 0 atom stereocenters. The number of hydrazone groups is 1. The average molecular weight is 449 g/mol. The molecule has 0 radical (unpaired) electrons. The van der Waals surface area contributed by atoms with Gasteiger partial charge in [0.25, 0.3) is 11.4 Å². The lowest BCUT2D eigenvalue weighted by molar-refractivity contribution is -0.394. The summed E-state index contributed by atoms with van der Waals surface area (Å²) in [6.45, 7) is 1.55. The topological polar surface area (TPSA) is 157 Å². The van der Waals surface area contributed by atoms with E-state index in [1.54, 1.807) is 13.0 Å². The summed E-state index contributed by atoms with van der Waals surface area (Å²) in [7, 11) is 0. The molecular weight excluding hydrogens is 430 g/mol. The van der Waals surface area contributed by atoms with Crippen LogP contribution >= 0.6 is 0 Å². The highest BCUT2D eigenvalue weighted by atomic mass is 16.6. The van der Waals surface area contributed by atoms with E-state index in [0.29, 0.717) is 11.4 Å². The van der Waals surface area contributed by atoms with Crippen LogP contribution in [0.4, 0.5) is 17.1 Å². The Balaban J connectivity index is 1.60. The van der Waals surface area contributed by atoms with E-state index in [1.807, 2.05) is 36.4 Å². The summed E-state index contributed by atoms with van der Waals surface area (Å²) in [6, 6.07) is 16.2. The summed E-state index contributed by atoms with van der Waals surface area (Å²) >= 11 is 0. The Morgan fingerprint density at radius 2 is 1.67 bits per heavy atom. The van der Waals surface area contributed by atoms with Gasteiger partial charge in [-0.1, -0.05) is 36.4 Å². The SMILES string of the molecule is C/C(CC(=O)Nc1cccc2ccccc12)=N\NC(=O)Cc1ccc([N+](=O)[O-])cc1[N+](=O)[O-]. The van der Waals surface area contributed by atoms with Crippen molar-refractivity contribution in [2.45, 2.75) is 19.8 Å². The van der Waals surface area contributed by atoms with E-state index in [0.717, 1.165) is 29.0 Å². The Morgan fingerprint density at radius 1 is 0.939 bits per heavy atom. The molecule has 0 aliphatic heterocycles. The van der Waals surface area contributed by atoms with Gasteiger partial charge >= 0.3 is 0 Å². The van der Waals surface area contributed by atoms with Gasteiger partial charge < -0.3 is 5.32 Å². The largest absolute Gasteiger partial charge is 0.325 e. The first-order chi connectivity index (χ1) is 15.7. The highest BCUT2D eigenvalue weighted by Gasteiger charge is 2.21. The average Bonchev–Trinajstić information content (AvgIpc) is 2.78. The third-order valence-corrected chi connectivity index (χ3v) is 4.68. The fourth-order valence-electron chi connectivity index (χ4n) is 3.16. The van der Waals surface area contributed by atoms with Crippen LogP contribution in [0.3, 0.4) is 0 Å². The van der Waals surface area contributed by atoms with Crippen molar-refractivity contribution in [2.24, 2.45) is 5.10 Å². The summed E-state index contributed by atoms with van der Waals surface area (Å²) < 4.78 is 0. The number of amides is 2. The molecule has 0 aromatic heterocycles. The standard InChI is InChI=1S/C22H19N5O6/c1-14(11-21(28)23-19-8-4-6-15-5-2-3-7-18(15)19)24-25-22(29)12-16-9-10-17(26(30)31)13-20(16)27(32)33/h2-10,13H,11-12H2,1H3,(H,23,28)(H,25,29)/b24-14+. The van der Waals surface area contributed by atoms with Crippen molar-refractivity contribution in [1.29, 1.82) is 0 Å². The number of rotatable bonds is 8. The first kappa shape index (κ1) is 23.0. The Morgan fingerprint density at radius 3 is 2.39 bits per heavy atom. The van der Waals surface area contributed by atoms with Crippen LogP contribution in [0.15, 0.2) is 65.8 Å². The van der Waals surface area contributed by atoms with Gasteiger partial charge in [-0.3, -0.25) is 29.8 Å². The van der Waals surface area contributed by atoms with Crippen molar-refractivity contribution >= 4 is 45.4 Å². The molecule has 0 aliphatic rings. The van der Waals surface area contributed by atoms with Gasteiger partial charge in [-0.2, -0.15) is 5.10 Å². The van der Waals surface area contributed by atoms with Crippen molar-refractivity contribution in [3.63, 3.8) is 0 Å². The summed E-state index contributed by atoms with van der Waals surface area (Å²) in [5.41, 5.74) is 2.24. The van der Waals surface area contributed by atoms with Crippen molar-refractivity contribution in [3.8, 4) is 0 Å². The third kappa shape index (κ3) is 5.94. The fraction of sp³-hybridized carbons (Fsp3) is 0.136. The van der Waals surface area contributed by atoms with Crippen molar-refractivity contribution < 1.29 is 19.4 Å². The van der Waals surface area contributed by atoms with Gasteiger partial charge in [0.05, 0.1) is 28.8 Å². The molecule has 3 rings (SSSR count). The molecule has 33 heavy (non-hydrogen) atoms. The quantitative estimate of drug-likeness (QED) is 0.303. The van der Waals surface area contributed by atoms with Crippen LogP contribution in [-0.4, -0.2) is 27.4 Å². The molecule has 0 aliphatic carbocycles. The van der Waals surface area contributed by atoms with Gasteiger partial charge in [0, 0.05) is 28.4 Å². The van der Waals surface area contributed by atoms with Crippen LogP contribution in [0.5, 0.6) is 0 Å². The van der Waals surface area contributed by atoms with Crippen LogP contribution in [0.1, 0.15) is 18.9 Å². The van der Waals surface area contributed by atoms with Crippen LogP contribution in [0.2, 0.25) is 0 Å². The van der Waals surface area contributed by atoms with Crippen molar-refractivity contribution in [1.82, 2.24) is 5.43 Å². The Bertz CT molecular complexity index is 1280. The van der Waals surface area contributed by atoms with Crippen LogP contribution in [0.25, 0.3) is 10.8 Å². The summed E-state index contributed by atoms with van der Waals surface area (Å²) in [5.74, 6) is -0.992. The van der Waals surface area contributed by atoms with Gasteiger partial charge in [-0.15, -0.1) is 0 Å². The zero-order valence-electron chi connectivity index (χ0n) is 17.5. The number of benzene rings is 3. The van der Waals surface area contributed by atoms with E-state index >= 15 is 0 Å². The molecule has 0 heterocycles. The lowest BCUT2D eigenvalue weighted by Gasteiger charge is -2.09. The number of fused-ring (bicyclic) bond motifs is 1. The number of hydrogen-bond donors (Lipinski definition) is 2. The zero-order chi connectivity index (χ0) is 24.0. The lowest BCUT2D eigenvalue weighted by Crippen LogP contribution is -2.23. The molecule has 0 spiro atoms.